The number of aliphatic carboxylic acids is 1. The number of phenols is 1. The lowest BCUT2D eigenvalue weighted by molar-refractivity contribution is -0.133. The van der Waals surface area contributed by atoms with Crippen LogP contribution < -0.4 is 9.46 Å². The van der Waals surface area contributed by atoms with Gasteiger partial charge in [0.2, 0.25) is 0 Å². The summed E-state index contributed by atoms with van der Waals surface area (Å²) in [5.74, 6) is -0.727. The summed E-state index contributed by atoms with van der Waals surface area (Å²) in [7, 11) is -4.01. The van der Waals surface area contributed by atoms with E-state index in [-0.39, 0.29) is 33.1 Å². The Hall–Kier alpha value is -3.69. The second-order valence-electron chi connectivity index (χ2n) is 8.33. The van der Waals surface area contributed by atoms with Gasteiger partial charge in [-0.3, -0.25) is 9.52 Å². The standard InChI is InChI=1S/C27H25NO6S2/c1-17(2)34-20-9-5-7-18(13-20)19-8-6-10-21(14-19)36(32,33)28-24-15-25(35-16-26(29)30)27(31)23-12-4-3-11-22(23)24/h3-15,17,28,31H,16H2,1-2H3,(H,29,30). The van der Waals surface area contributed by atoms with E-state index in [2.05, 4.69) is 4.72 Å². The molecule has 0 radical (unpaired) electrons. The number of anilines is 1. The lowest BCUT2D eigenvalue weighted by atomic mass is 10.1. The molecule has 7 nitrogen and oxygen atoms in total. The third kappa shape index (κ3) is 5.75. The van der Waals surface area contributed by atoms with Crippen molar-refractivity contribution in [3.8, 4) is 22.6 Å². The molecule has 3 N–H and O–H groups in total. The average Bonchev–Trinajstić information content (AvgIpc) is 2.85. The van der Waals surface area contributed by atoms with Gasteiger partial charge < -0.3 is 14.9 Å². The fourth-order valence-corrected chi connectivity index (χ4v) is 5.58. The first-order valence-electron chi connectivity index (χ1n) is 11.1. The van der Waals surface area contributed by atoms with Gasteiger partial charge in [0.15, 0.2) is 0 Å². The highest BCUT2D eigenvalue weighted by Crippen LogP contribution is 2.40. The van der Waals surface area contributed by atoms with Gasteiger partial charge in [0.25, 0.3) is 10.0 Å². The van der Waals surface area contributed by atoms with Gasteiger partial charge >= 0.3 is 5.97 Å². The van der Waals surface area contributed by atoms with Crippen LogP contribution in [0.1, 0.15) is 13.8 Å². The van der Waals surface area contributed by atoms with Crippen LogP contribution >= 0.6 is 11.8 Å². The number of hydrogen-bond donors (Lipinski definition) is 3. The molecule has 0 aliphatic heterocycles. The molecule has 0 saturated heterocycles. The van der Waals surface area contributed by atoms with Crippen LogP contribution in [0.15, 0.2) is 88.7 Å². The molecule has 0 aromatic heterocycles. The van der Waals surface area contributed by atoms with Crippen molar-refractivity contribution < 1.29 is 28.2 Å². The van der Waals surface area contributed by atoms with E-state index in [1.807, 2.05) is 44.2 Å². The number of phenolic OH excluding ortho intramolecular Hbond substituents is 1. The maximum absolute atomic E-state index is 13.4. The molecule has 0 heterocycles. The fourth-order valence-electron chi connectivity index (χ4n) is 3.74. The number of carboxylic acid groups (broad SMARTS) is 1. The Labute approximate surface area is 213 Å². The predicted molar refractivity (Wildman–Crippen MR) is 142 cm³/mol. The van der Waals surface area contributed by atoms with Gasteiger partial charge in [0.1, 0.15) is 11.5 Å². The Morgan fingerprint density at radius 1 is 0.944 bits per heavy atom. The number of nitrogens with one attached hydrogen (secondary N) is 1. The summed E-state index contributed by atoms with van der Waals surface area (Å²) in [6.45, 7) is 3.87. The summed E-state index contributed by atoms with van der Waals surface area (Å²) < 4.78 is 35.2. The van der Waals surface area contributed by atoms with E-state index in [1.165, 1.54) is 12.1 Å². The number of fused-ring (bicyclic) bond motifs is 1. The average molecular weight is 524 g/mol. The number of sulfonamides is 1. The monoisotopic (exact) mass is 523 g/mol. The van der Waals surface area contributed by atoms with E-state index < -0.39 is 16.0 Å². The van der Waals surface area contributed by atoms with Crippen molar-refractivity contribution in [2.24, 2.45) is 0 Å². The third-order valence-corrected chi connectivity index (χ3v) is 7.64. The van der Waals surface area contributed by atoms with Gasteiger partial charge in [-0.25, -0.2) is 8.42 Å². The highest BCUT2D eigenvalue weighted by atomic mass is 32.2. The van der Waals surface area contributed by atoms with E-state index in [9.17, 15) is 18.3 Å². The van der Waals surface area contributed by atoms with E-state index in [0.717, 1.165) is 17.3 Å². The topological polar surface area (TPSA) is 113 Å². The van der Waals surface area contributed by atoms with Gasteiger partial charge in [-0.05, 0) is 55.3 Å². The first kappa shape index (κ1) is 25.4. The Balaban J connectivity index is 1.71. The number of aromatic hydroxyl groups is 1. The zero-order valence-corrected chi connectivity index (χ0v) is 21.3. The fraction of sp³-hybridized carbons (Fsp3) is 0.148. The van der Waals surface area contributed by atoms with Crippen LogP contribution in [0.3, 0.4) is 0 Å². The molecule has 4 aromatic rings. The lowest BCUT2D eigenvalue weighted by Crippen LogP contribution is -2.13. The molecule has 0 aliphatic rings. The quantitative estimate of drug-likeness (QED) is 0.183. The van der Waals surface area contributed by atoms with E-state index in [1.54, 1.807) is 36.4 Å². The van der Waals surface area contributed by atoms with Gasteiger partial charge in [0, 0.05) is 10.8 Å². The molecule has 0 unspecified atom stereocenters. The smallest absolute Gasteiger partial charge is 0.313 e. The molecule has 0 bridgehead atoms. The second kappa shape index (κ2) is 10.5. The molecule has 36 heavy (non-hydrogen) atoms. The van der Waals surface area contributed by atoms with Gasteiger partial charge in [-0.15, -0.1) is 11.8 Å². The third-order valence-electron chi connectivity index (χ3n) is 5.26. The first-order valence-corrected chi connectivity index (χ1v) is 13.6. The number of carboxylic acids is 1. The summed E-state index contributed by atoms with van der Waals surface area (Å²) in [6.07, 6.45) is 0.00912. The molecule has 186 valence electrons. The van der Waals surface area contributed by atoms with E-state index >= 15 is 0 Å². The van der Waals surface area contributed by atoms with Crippen molar-refractivity contribution in [2.45, 2.75) is 29.7 Å². The Morgan fingerprint density at radius 2 is 1.61 bits per heavy atom. The zero-order chi connectivity index (χ0) is 25.9. The molecule has 0 aliphatic carbocycles. The molecule has 9 heteroatoms. The summed E-state index contributed by atoms with van der Waals surface area (Å²) in [4.78, 5) is 11.4. The molecule has 0 fully saturated rings. The zero-order valence-electron chi connectivity index (χ0n) is 19.6. The molecule has 0 saturated carbocycles. The van der Waals surface area contributed by atoms with E-state index in [4.69, 9.17) is 9.84 Å². The molecular formula is C27H25NO6S2. The summed E-state index contributed by atoms with van der Waals surface area (Å²) >= 11 is 0.915. The van der Waals surface area contributed by atoms with Crippen molar-refractivity contribution >= 4 is 44.2 Å². The van der Waals surface area contributed by atoms with Crippen LogP contribution in [0.25, 0.3) is 21.9 Å². The number of benzene rings is 4. The minimum Gasteiger partial charge on any atom is -0.506 e. The summed E-state index contributed by atoms with van der Waals surface area (Å²) in [5.41, 5.74) is 1.77. The molecule has 0 amide bonds. The molecule has 0 atom stereocenters. The predicted octanol–water partition coefficient (Wildman–Crippen LogP) is 5.98. The molecular weight excluding hydrogens is 498 g/mol. The maximum atomic E-state index is 13.4. The SMILES string of the molecule is CC(C)Oc1cccc(-c2cccc(S(=O)(=O)Nc3cc(SCC(=O)O)c(O)c4ccccc34)c2)c1. The van der Waals surface area contributed by atoms with E-state index in [0.29, 0.717) is 22.1 Å². The Kier molecular flexibility index (Phi) is 7.42. The highest BCUT2D eigenvalue weighted by Gasteiger charge is 2.20. The van der Waals surface area contributed by atoms with Crippen molar-refractivity contribution in [3.05, 3.63) is 78.9 Å². The summed E-state index contributed by atoms with van der Waals surface area (Å²) in [5, 5.41) is 20.6. The Bertz CT molecular complexity index is 1530. The molecule has 0 spiro atoms. The van der Waals surface area contributed by atoms with Crippen LogP contribution in [-0.2, 0) is 14.8 Å². The first-order chi connectivity index (χ1) is 17.1. The van der Waals surface area contributed by atoms with Crippen LogP contribution in [0.5, 0.6) is 11.5 Å². The molecule has 4 aromatic carbocycles. The number of ether oxygens (including phenoxy) is 1. The highest BCUT2D eigenvalue weighted by molar-refractivity contribution is 8.00. The maximum Gasteiger partial charge on any atom is 0.313 e. The van der Waals surface area contributed by atoms with Crippen LogP contribution in [0, 0.1) is 0 Å². The minimum absolute atomic E-state index is 0.00912. The normalized spacial score (nSPS) is 11.5. The van der Waals surface area contributed by atoms with Crippen molar-refractivity contribution in [1.82, 2.24) is 0 Å². The lowest BCUT2D eigenvalue weighted by Gasteiger charge is -2.15. The van der Waals surface area contributed by atoms with Crippen LogP contribution in [-0.4, -0.2) is 36.5 Å². The number of rotatable bonds is 9. The second-order valence-corrected chi connectivity index (χ2v) is 11.0. The van der Waals surface area contributed by atoms with Gasteiger partial charge in [-0.1, -0.05) is 48.5 Å². The number of carbonyl (C=O) groups is 1. The number of thioether (sulfide) groups is 1. The molecule has 4 rings (SSSR count). The van der Waals surface area contributed by atoms with Crippen LogP contribution in [0.4, 0.5) is 5.69 Å². The Morgan fingerprint density at radius 3 is 2.31 bits per heavy atom. The largest absolute Gasteiger partial charge is 0.506 e. The van der Waals surface area contributed by atoms with Crippen molar-refractivity contribution in [3.63, 3.8) is 0 Å². The van der Waals surface area contributed by atoms with Gasteiger partial charge in [-0.2, -0.15) is 0 Å². The number of hydrogen-bond acceptors (Lipinski definition) is 6. The minimum atomic E-state index is -4.01. The van der Waals surface area contributed by atoms with Crippen molar-refractivity contribution in [1.29, 1.82) is 0 Å². The van der Waals surface area contributed by atoms with Crippen LogP contribution in [0.2, 0.25) is 0 Å². The van der Waals surface area contributed by atoms with Gasteiger partial charge in [0.05, 0.1) is 27.3 Å². The van der Waals surface area contributed by atoms with Crippen molar-refractivity contribution in [2.75, 3.05) is 10.5 Å². The summed E-state index contributed by atoms with van der Waals surface area (Å²) in [6, 6.07) is 22.3.